The Bertz CT molecular complexity index is 1420. The van der Waals surface area contributed by atoms with Crippen LogP contribution in [-0.4, -0.2) is 39.6 Å². The first-order valence-corrected chi connectivity index (χ1v) is 10.9. The molecule has 0 spiro atoms. The zero-order chi connectivity index (χ0) is 23.1. The van der Waals surface area contributed by atoms with Crippen molar-refractivity contribution < 1.29 is 9.13 Å². The van der Waals surface area contributed by atoms with Gasteiger partial charge in [-0.15, -0.1) is 0 Å². The first-order chi connectivity index (χ1) is 15.9. The maximum Gasteiger partial charge on any atom is 0.260 e. The van der Waals surface area contributed by atoms with E-state index in [0.29, 0.717) is 36.9 Å². The van der Waals surface area contributed by atoms with Crippen molar-refractivity contribution in [2.45, 2.75) is 20.0 Å². The molecule has 33 heavy (non-hydrogen) atoms. The van der Waals surface area contributed by atoms with E-state index in [-0.39, 0.29) is 33.3 Å². The fourth-order valence-electron chi connectivity index (χ4n) is 4.13. The van der Waals surface area contributed by atoms with Crippen LogP contribution in [0.3, 0.4) is 0 Å². The second kappa shape index (κ2) is 8.53. The second-order valence-corrected chi connectivity index (χ2v) is 8.47. The van der Waals surface area contributed by atoms with Crippen LogP contribution in [0.2, 0.25) is 5.02 Å². The summed E-state index contributed by atoms with van der Waals surface area (Å²) in [4.78, 5) is 31.1. The summed E-state index contributed by atoms with van der Waals surface area (Å²) in [6.45, 7) is 5.29. The Labute approximate surface area is 194 Å². The third-order valence-electron chi connectivity index (χ3n) is 5.66. The molecule has 0 radical (unpaired) electrons. The average Bonchev–Trinajstić information content (AvgIpc) is 2.78. The van der Waals surface area contributed by atoms with E-state index in [1.807, 2.05) is 19.1 Å². The molecule has 5 rings (SSSR count). The Morgan fingerprint density at radius 1 is 1.18 bits per heavy atom. The van der Waals surface area contributed by atoms with Crippen LogP contribution < -0.4 is 10.5 Å². The fourth-order valence-corrected chi connectivity index (χ4v) is 4.29. The van der Waals surface area contributed by atoms with Crippen LogP contribution in [0, 0.1) is 19.7 Å². The van der Waals surface area contributed by atoms with E-state index in [0.717, 1.165) is 11.3 Å². The molecule has 1 saturated heterocycles. The van der Waals surface area contributed by atoms with Gasteiger partial charge in [0.05, 0.1) is 23.2 Å². The van der Waals surface area contributed by atoms with Gasteiger partial charge in [-0.2, -0.15) is 0 Å². The van der Waals surface area contributed by atoms with Crippen molar-refractivity contribution in [3.05, 3.63) is 80.9 Å². The van der Waals surface area contributed by atoms with Crippen molar-refractivity contribution in [1.29, 1.82) is 0 Å². The van der Waals surface area contributed by atoms with Crippen molar-refractivity contribution in [3.8, 4) is 11.3 Å². The molecule has 7 nitrogen and oxygen atoms in total. The van der Waals surface area contributed by atoms with Crippen molar-refractivity contribution in [3.63, 3.8) is 0 Å². The lowest BCUT2D eigenvalue weighted by atomic mass is 10.1. The van der Waals surface area contributed by atoms with Crippen LogP contribution in [0.25, 0.3) is 22.2 Å². The Morgan fingerprint density at radius 2 is 2.03 bits per heavy atom. The monoisotopic (exact) mass is 465 g/mol. The number of pyridine rings is 2. The summed E-state index contributed by atoms with van der Waals surface area (Å²) in [6, 6.07) is 10.0. The predicted octanol–water partition coefficient (Wildman–Crippen LogP) is 4.37. The smallest absolute Gasteiger partial charge is 0.260 e. The largest absolute Gasteiger partial charge is 0.370 e. The molecule has 168 valence electrons. The van der Waals surface area contributed by atoms with Gasteiger partial charge >= 0.3 is 0 Å². The lowest BCUT2D eigenvalue weighted by Crippen LogP contribution is -2.39. The lowest BCUT2D eigenvalue weighted by molar-refractivity contribution is 0.0394. The molecular formula is C24H21ClFN5O2. The minimum absolute atomic E-state index is 0.164. The summed E-state index contributed by atoms with van der Waals surface area (Å²) in [6.07, 6.45) is 1.60. The summed E-state index contributed by atoms with van der Waals surface area (Å²) < 4.78 is 20.9. The third-order valence-corrected chi connectivity index (χ3v) is 5.90. The summed E-state index contributed by atoms with van der Waals surface area (Å²) >= 11 is 5.95. The minimum Gasteiger partial charge on any atom is -0.370 e. The number of aryl methyl sites for hydroxylation is 2. The Hall–Kier alpha value is -3.36. The van der Waals surface area contributed by atoms with Crippen LogP contribution in [-0.2, 0) is 4.74 Å². The number of nitrogens with zero attached hydrogens (tertiary/aromatic N) is 4. The number of hydrogen-bond acceptors (Lipinski definition) is 6. The number of anilines is 1. The second-order valence-electron chi connectivity index (χ2n) is 8.03. The number of aromatic amines is 1. The molecule has 1 atom stereocenters. The van der Waals surface area contributed by atoms with E-state index in [1.165, 1.54) is 12.1 Å². The fraction of sp³-hybridized carbons (Fsp3) is 0.250. The van der Waals surface area contributed by atoms with E-state index in [2.05, 4.69) is 19.9 Å². The van der Waals surface area contributed by atoms with Gasteiger partial charge in [0.2, 0.25) is 0 Å². The molecule has 0 aliphatic carbocycles. The first-order valence-electron chi connectivity index (χ1n) is 10.6. The zero-order valence-corrected chi connectivity index (χ0v) is 18.9. The SMILES string of the molecule is Cc1cc([C@H]2CN(c3cc4nc(C)[nH]c(=O)c4c(-c4ccc(Cl)cc4F)n3)CCO2)ccn1. The van der Waals surface area contributed by atoms with Crippen LogP contribution >= 0.6 is 11.6 Å². The number of morpholine rings is 1. The van der Waals surface area contributed by atoms with Crippen LogP contribution in [0.15, 0.2) is 47.4 Å². The number of fused-ring (bicyclic) bond motifs is 1. The Balaban J connectivity index is 1.63. The highest BCUT2D eigenvalue weighted by Crippen LogP contribution is 2.32. The van der Waals surface area contributed by atoms with Gasteiger partial charge in [-0.3, -0.25) is 9.78 Å². The molecule has 0 saturated carbocycles. The summed E-state index contributed by atoms with van der Waals surface area (Å²) in [5.74, 6) is 0.517. The average molecular weight is 466 g/mol. The topological polar surface area (TPSA) is 84.0 Å². The number of nitrogens with one attached hydrogen (secondary N) is 1. The zero-order valence-electron chi connectivity index (χ0n) is 18.1. The number of ether oxygens (including phenoxy) is 1. The number of hydrogen-bond donors (Lipinski definition) is 1. The van der Waals surface area contributed by atoms with E-state index < -0.39 is 5.82 Å². The van der Waals surface area contributed by atoms with Gasteiger partial charge in [0, 0.05) is 41.6 Å². The highest BCUT2D eigenvalue weighted by atomic mass is 35.5. The van der Waals surface area contributed by atoms with Gasteiger partial charge in [0.1, 0.15) is 23.6 Å². The third kappa shape index (κ3) is 4.19. The summed E-state index contributed by atoms with van der Waals surface area (Å²) in [7, 11) is 0. The molecule has 4 aromatic rings. The van der Waals surface area contributed by atoms with Crippen LogP contribution in [0.4, 0.5) is 10.2 Å². The number of benzene rings is 1. The van der Waals surface area contributed by atoms with Gasteiger partial charge in [-0.1, -0.05) is 11.6 Å². The first kappa shape index (κ1) is 21.5. The predicted molar refractivity (Wildman–Crippen MR) is 125 cm³/mol. The molecular weight excluding hydrogens is 445 g/mol. The lowest BCUT2D eigenvalue weighted by Gasteiger charge is -2.34. The van der Waals surface area contributed by atoms with Crippen molar-refractivity contribution in [2.24, 2.45) is 0 Å². The number of aromatic nitrogens is 4. The molecule has 1 N–H and O–H groups in total. The minimum atomic E-state index is -0.555. The van der Waals surface area contributed by atoms with Crippen LogP contribution in [0.1, 0.15) is 23.2 Å². The van der Waals surface area contributed by atoms with Gasteiger partial charge in [0.15, 0.2) is 0 Å². The molecule has 0 amide bonds. The normalized spacial score (nSPS) is 16.4. The van der Waals surface area contributed by atoms with E-state index >= 15 is 0 Å². The van der Waals surface area contributed by atoms with E-state index in [9.17, 15) is 9.18 Å². The standard InChI is InChI=1S/C24H21ClFN5O2/c1-13-9-15(5-6-27-13)20-12-31(7-8-33-20)21-11-19-22(24(32)29-14(2)28-19)23(30-21)17-4-3-16(25)10-18(17)26/h3-6,9-11,20H,7-8,12H2,1-2H3,(H,28,29,32)/t20-/m1/s1. The molecule has 1 fully saturated rings. The van der Waals surface area contributed by atoms with E-state index in [1.54, 1.807) is 25.3 Å². The molecule has 9 heteroatoms. The molecule has 1 aliphatic heterocycles. The number of H-pyrrole nitrogens is 1. The van der Waals surface area contributed by atoms with Crippen molar-refractivity contribution in [2.75, 3.05) is 24.6 Å². The van der Waals surface area contributed by atoms with Crippen molar-refractivity contribution >= 4 is 28.3 Å². The number of halogens is 2. The van der Waals surface area contributed by atoms with Gasteiger partial charge < -0.3 is 14.6 Å². The van der Waals surface area contributed by atoms with Gasteiger partial charge in [-0.05, 0) is 49.7 Å². The quantitative estimate of drug-likeness (QED) is 0.483. The maximum atomic E-state index is 14.9. The molecule has 4 heterocycles. The molecule has 1 aromatic carbocycles. The molecule has 0 bridgehead atoms. The molecule has 0 unspecified atom stereocenters. The highest BCUT2D eigenvalue weighted by Gasteiger charge is 2.25. The highest BCUT2D eigenvalue weighted by molar-refractivity contribution is 6.30. The molecule has 1 aliphatic rings. The van der Waals surface area contributed by atoms with Gasteiger partial charge in [0.25, 0.3) is 5.56 Å². The van der Waals surface area contributed by atoms with Crippen LogP contribution in [0.5, 0.6) is 0 Å². The van der Waals surface area contributed by atoms with Crippen molar-refractivity contribution in [1.82, 2.24) is 19.9 Å². The van der Waals surface area contributed by atoms with E-state index in [4.69, 9.17) is 21.3 Å². The summed E-state index contributed by atoms with van der Waals surface area (Å²) in [5.41, 5.74) is 2.45. The number of rotatable bonds is 3. The Morgan fingerprint density at radius 3 is 2.82 bits per heavy atom. The summed E-state index contributed by atoms with van der Waals surface area (Å²) in [5, 5.41) is 0.503. The maximum absolute atomic E-state index is 14.9. The van der Waals surface area contributed by atoms with Gasteiger partial charge in [-0.25, -0.2) is 14.4 Å². The molecule has 3 aromatic heterocycles. The Kier molecular flexibility index (Phi) is 5.55.